The fraction of sp³-hybridized carbons (Fsp3) is 0.350. The predicted octanol–water partition coefficient (Wildman–Crippen LogP) is 2.87. The summed E-state index contributed by atoms with van der Waals surface area (Å²) in [6.07, 6.45) is 1.79. The quantitative estimate of drug-likeness (QED) is 0.581. The molecule has 0 aliphatic rings. The fourth-order valence-corrected chi connectivity index (χ4v) is 2.28. The van der Waals surface area contributed by atoms with Crippen LogP contribution in [0.25, 0.3) is 0 Å². The first-order valence-electron chi connectivity index (χ1n) is 8.57. The van der Waals surface area contributed by atoms with Crippen LogP contribution in [0, 0.1) is 6.92 Å². The third kappa shape index (κ3) is 7.37. The van der Waals surface area contributed by atoms with E-state index in [-0.39, 0.29) is 19.1 Å². The number of hydrogen-bond donors (Lipinski definition) is 3. The molecule has 0 saturated carbocycles. The van der Waals surface area contributed by atoms with Crippen LogP contribution >= 0.6 is 0 Å². The van der Waals surface area contributed by atoms with Gasteiger partial charge in [0.2, 0.25) is 0 Å². The first kappa shape index (κ1) is 19.0. The molecular weight excluding hydrogens is 316 g/mol. The van der Waals surface area contributed by atoms with Crippen LogP contribution in [-0.2, 0) is 11.3 Å². The Morgan fingerprint density at radius 3 is 2.44 bits per heavy atom. The molecule has 5 nitrogen and oxygen atoms in total. The number of hydrogen-bond acceptors (Lipinski definition) is 4. The number of amides is 1. The summed E-state index contributed by atoms with van der Waals surface area (Å²) in [7, 11) is 0. The van der Waals surface area contributed by atoms with Gasteiger partial charge in [-0.3, -0.25) is 4.79 Å². The highest BCUT2D eigenvalue weighted by molar-refractivity contribution is 5.91. The van der Waals surface area contributed by atoms with Crippen LogP contribution in [0.4, 0.5) is 5.69 Å². The number of rotatable bonds is 10. The maximum absolute atomic E-state index is 11.9. The lowest BCUT2D eigenvalue weighted by Crippen LogP contribution is -2.20. The summed E-state index contributed by atoms with van der Waals surface area (Å²) in [6, 6.07) is 15.3. The molecule has 134 valence electrons. The fourth-order valence-electron chi connectivity index (χ4n) is 2.28. The summed E-state index contributed by atoms with van der Waals surface area (Å²) in [6.45, 7) is 3.89. The summed E-state index contributed by atoms with van der Waals surface area (Å²) in [5, 5.41) is 14.9. The van der Waals surface area contributed by atoms with Crippen LogP contribution in [0.3, 0.4) is 0 Å². The molecule has 5 heteroatoms. The molecule has 0 fully saturated rings. The van der Waals surface area contributed by atoms with Crippen LogP contribution in [0.2, 0.25) is 0 Å². The van der Waals surface area contributed by atoms with Crippen molar-refractivity contribution in [2.75, 3.05) is 25.1 Å². The minimum absolute atomic E-state index is 0.0212. The highest BCUT2D eigenvalue weighted by Gasteiger charge is 2.04. The predicted molar refractivity (Wildman–Crippen MR) is 99.8 cm³/mol. The molecule has 0 unspecified atom stereocenters. The summed E-state index contributed by atoms with van der Waals surface area (Å²) in [5.41, 5.74) is 3.07. The Morgan fingerprint density at radius 2 is 1.76 bits per heavy atom. The third-order valence-corrected chi connectivity index (χ3v) is 3.72. The summed E-state index contributed by atoms with van der Waals surface area (Å²) in [5.74, 6) is 0.488. The molecule has 0 radical (unpaired) electrons. The van der Waals surface area contributed by atoms with Crippen molar-refractivity contribution in [3.63, 3.8) is 0 Å². The van der Waals surface area contributed by atoms with Gasteiger partial charge in [0, 0.05) is 18.8 Å². The summed E-state index contributed by atoms with van der Waals surface area (Å²) >= 11 is 0. The molecule has 0 aromatic heterocycles. The van der Waals surface area contributed by atoms with Gasteiger partial charge in [-0.05, 0) is 56.1 Å². The van der Waals surface area contributed by atoms with Gasteiger partial charge in [0.15, 0.2) is 6.61 Å². The van der Waals surface area contributed by atoms with Gasteiger partial charge < -0.3 is 20.5 Å². The lowest BCUT2D eigenvalue weighted by Gasteiger charge is -2.09. The van der Waals surface area contributed by atoms with E-state index >= 15 is 0 Å². The smallest absolute Gasteiger partial charge is 0.262 e. The Bertz CT molecular complexity index is 639. The molecule has 3 N–H and O–H groups in total. The highest BCUT2D eigenvalue weighted by Crippen LogP contribution is 2.13. The zero-order valence-corrected chi connectivity index (χ0v) is 14.6. The van der Waals surface area contributed by atoms with Crippen molar-refractivity contribution >= 4 is 11.6 Å². The molecule has 1 amide bonds. The third-order valence-electron chi connectivity index (χ3n) is 3.72. The van der Waals surface area contributed by atoms with E-state index < -0.39 is 0 Å². The molecule has 2 aromatic rings. The van der Waals surface area contributed by atoms with Crippen LogP contribution < -0.4 is 15.4 Å². The largest absolute Gasteiger partial charge is 0.484 e. The second-order valence-corrected chi connectivity index (χ2v) is 5.95. The molecule has 0 bridgehead atoms. The highest BCUT2D eigenvalue weighted by atomic mass is 16.5. The molecule has 0 saturated heterocycles. The lowest BCUT2D eigenvalue weighted by molar-refractivity contribution is -0.118. The van der Waals surface area contributed by atoms with Gasteiger partial charge in [-0.15, -0.1) is 0 Å². The number of carbonyl (C=O) groups excluding carboxylic acids is 1. The van der Waals surface area contributed by atoms with E-state index in [2.05, 4.69) is 10.6 Å². The second kappa shape index (κ2) is 10.5. The van der Waals surface area contributed by atoms with Crippen molar-refractivity contribution < 1.29 is 14.6 Å². The van der Waals surface area contributed by atoms with E-state index in [9.17, 15) is 4.79 Å². The number of anilines is 1. The Hall–Kier alpha value is -2.37. The molecule has 0 atom stereocenters. The Labute approximate surface area is 149 Å². The van der Waals surface area contributed by atoms with Crippen LogP contribution in [0.15, 0.2) is 48.5 Å². The van der Waals surface area contributed by atoms with E-state index in [1.54, 1.807) is 0 Å². The van der Waals surface area contributed by atoms with Crippen LogP contribution in [0.1, 0.15) is 24.0 Å². The lowest BCUT2D eigenvalue weighted by atomic mass is 10.2. The van der Waals surface area contributed by atoms with Gasteiger partial charge >= 0.3 is 0 Å². The maximum atomic E-state index is 11.9. The Morgan fingerprint density at radius 1 is 1.04 bits per heavy atom. The van der Waals surface area contributed by atoms with Crippen LogP contribution in [-0.4, -0.2) is 30.8 Å². The monoisotopic (exact) mass is 342 g/mol. The van der Waals surface area contributed by atoms with E-state index in [1.807, 2.05) is 55.5 Å². The average molecular weight is 342 g/mol. The number of aliphatic hydroxyl groups excluding tert-OH is 1. The van der Waals surface area contributed by atoms with E-state index in [4.69, 9.17) is 9.84 Å². The van der Waals surface area contributed by atoms with Crippen molar-refractivity contribution in [2.45, 2.75) is 26.3 Å². The van der Waals surface area contributed by atoms with Gasteiger partial charge in [0.1, 0.15) is 5.75 Å². The summed E-state index contributed by atoms with van der Waals surface area (Å²) in [4.78, 5) is 11.9. The molecule has 2 rings (SSSR count). The van der Waals surface area contributed by atoms with Gasteiger partial charge in [0.05, 0.1) is 0 Å². The van der Waals surface area contributed by atoms with Gasteiger partial charge in [-0.1, -0.05) is 29.8 Å². The second-order valence-electron chi connectivity index (χ2n) is 5.95. The number of unbranched alkanes of at least 4 members (excludes halogenated alkanes) is 1. The molecule has 0 aliphatic carbocycles. The van der Waals surface area contributed by atoms with Crippen molar-refractivity contribution in [3.8, 4) is 5.75 Å². The van der Waals surface area contributed by atoms with Crippen LogP contribution in [0.5, 0.6) is 5.75 Å². The standard InChI is InChI=1S/C20H26N2O3/c1-16-4-8-18(9-5-16)22-20(24)15-25-19-10-6-17(7-11-19)14-21-12-2-3-13-23/h4-11,21,23H,2-3,12-15H2,1H3,(H,22,24). The van der Waals surface area contributed by atoms with Gasteiger partial charge in [0.25, 0.3) is 5.91 Å². The molecule has 0 heterocycles. The molecule has 2 aromatic carbocycles. The van der Waals surface area contributed by atoms with E-state index in [1.165, 1.54) is 0 Å². The summed E-state index contributed by atoms with van der Waals surface area (Å²) < 4.78 is 5.52. The zero-order valence-electron chi connectivity index (χ0n) is 14.6. The number of aliphatic hydroxyl groups is 1. The number of ether oxygens (including phenoxy) is 1. The van der Waals surface area contributed by atoms with Crippen molar-refractivity contribution in [1.82, 2.24) is 5.32 Å². The Balaban J connectivity index is 1.69. The first-order chi connectivity index (χ1) is 12.2. The van der Waals surface area contributed by atoms with Gasteiger partial charge in [-0.25, -0.2) is 0 Å². The molecule has 25 heavy (non-hydrogen) atoms. The van der Waals surface area contributed by atoms with Crippen molar-refractivity contribution in [2.24, 2.45) is 0 Å². The number of aryl methyl sites for hydroxylation is 1. The number of benzene rings is 2. The van der Waals surface area contributed by atoms with Crippen molar-refractivity contribution in [1.29, 1.82) is 0 Å². The minimum Gasteiger partial charge on any atom is -0.484 e. The number of carbonyl (C=O) groups is 1. The zero-order chi connectivity index (χ0) is 17.9. The van der Waals surface area contributed by atoms with Gasteiger partial charge in [-0.2, -0.15) is 0 Å². The molecule has 0 spiro atoms. The molecule has 0 aliphatic heterocycles. The van der Waals surface area contributed by atoms with Crippen molar-refractivity contribution in [3.05, 3.63) is 59.7 Å². The van der Waals surface area contributed by atoms with E-state index in [0.717, 1.165) is 42.7 Å². The first-order valence-corrected chi connectivity index (χ1v) is 8.57. The SMILES string of the molecule is Cc1ccc(NC(=O)COc2ccc(CNCCCCO)cc2)cc1. The Kier molecular flexibility index (Phi) is 7.95. The number of nitrogens with one attached hydrogen (secondary N) is 2. The maximum Gasteiger partial charge on any atom is 0.262 e. The molecular formula is C20H26N2O3. The average Bonchev–Trinajstić information content (AvgIpc) is 2.63. The van der Waals surface area contributed by atoms with E-state index in [0.29, 0.717) is 5.75 Å². The normalized spacial score (nSPS) is 10.5. The minimum atomic E-state index is -0.182. The topological polar surface area (TPSA) is 70.6 Å².